The van der Waals surface area contributed by atoms with Gasteiger partial charge >= 0.3 is 0 Å². The first kappa shape index (κ1) is 14.2. The van der Waals surface area contributed by atoms with Crippen LogP contribution in [0, 0.1) is 5.92 Å². The van der Waals surface area contributed by atoms with Crippen molar-refractivity contribution in [2.24, 2.45) is 5.92 Å². The van der Waals surface area contributed by atoms with Crippen LogP contribution in [-0.4, -0.2) is 30.0 Å². The minimum absolute atomic E-state index is 0.143. The minimum Gasteiger partial charge on any atom is -0.383 e. The first-order chi connectivity index (χ1) is 8.06. The van der Waals surface area contributed by atoms with E-state index in [1.54, 1.807) is 13.3 Å². The third kappa shape index (κ3) is 4.12. The highest BCUT2D eigenvalue weighted by molar-refractivity contribution is 9.10. The van der Waals surface area contributed by atoms with E-state index in [1.807, 2.05) is 0 Å². The number of rotatable bonds is 6. The lowest BCUT2D eigenvalue weighted by atomic mass is 10.2. The van der Waals surface area contributed by atoms with Crippen LogP contribution in [0.25, 0.3) is 0 Å². The van der Waals surface area contributed by atoms with Crippen molar-refractivity contribution in [2.45, 2.75) is 20.4 Å². The second-order valence-electron chi connectivity index (χ2n) is 4.17. The lowest BCUT2D eigenvalue weighted by molar-refractivity contribution is 0.181. The van der Waals surface area contributed by atoms with E-state index in [0.717, 1.165) is 12.2 Å². The fourth-order valence-corrected chi connectivity index (χ4v) is 1.69. The SMILES string of the molecule is COCCn1ncc(NCC(C)C)c(Br)c1=O. The van der Waals surface area contributed by atoms with Gasteiger partial charge in [0.05, 0.1) is 25.0 Å². The molecule has 0 saturated carbocycles. The van der Waals surface area contributed by atoms with Gasteiger partial charge in [0.2, 0.25) is 0 Å². The predicted molar refractivity (Wildman–Crippen MR) is 71.4 cm³/mol. The van der Waals surface area contributed by atoms with Gasteiger partial charge in [-0.1, -0.05) is 13.8 Å². The second-order valence-corrected chi connectivity index (χ2v) is 4.96. The summed E-state index contributed by atoms with van der Waals surface area (Å²) >= 11 is 3.30. The minimum atomic E-state index is -0.143. The molecule has 0 amide bonds. The Hall–Kier alpha value is -0.880. The van der Waals surface area contributed by atoms with E-state index in [1.165, 1.54) is 4.68 Å². The molecule has 1 N–H and O–H groups in total. The van der Waals surface area contributed by atoms with Gasteiger partial charge < -0.3 is 10.1 Å². The third-order valence-electron chi connectivity index (χ3n) is 2.19. The average Bonchev–Trinajstić information content (AvgIpc) is 2.29. The molecule has 0 saturated heterocycles. The number of methoxy groups -OCH3 is 1. The molecule has 96 valence electrons. The van der Waals surface area contributed by atoms with Crippen LogP contribution in [0.5, 0.6) is 0 Å². The highest BCUT2D eigenvalue weighted by Gasteiger charge is 2.08. The van der Waals surface area contributed by atoms with Gasteiger partial charge in [0.1, 0.15) is 4.47 Å². The maximum atomic E-state index is 11.9. The number of nitrogens with one attached hydrogen (secondary N) is 1. The normalized spacial score (nSPS) is 10.9. The zero-order valence-electron chi connectivity index (χ0n) is 10.4. The number of halogens is 1. The lowest BCUT2D eigenvalue weighted by Gasteiger charge is -2.11. The molecule has 0 spiro atoms. The summed E-state index contributed by atoms with van der Waals surface area (Å²) in [5.41, 5.74) is 0.591. The van der Waals surface area contributed by atoms with E-state index in [2.05, 4.69) is 40.2 Å². The van der Waals surface area contributed by atoms with Crippen molar-refractivity contribution in [3.05, 3.63) is 21.0 Å². The van der Waals surface area contributed by atoms with E-state index < -0.39 is 0 Å². The quantitative estimate of drug-likeness (QED) is 0.869. The van der Waals surface area contributed by atoms with Crippen LogP contribution >= 0.6 is 15.9 Å². The molecule has 0 atom stereocenters. The monoisotopic (exact) mass is 303 g/mol. The fourth-order valence-electron chi connectivity index (χ4n) is 1.24. The van der Waals surface area contributed by atoms with Gasteiger partial charge in [-0.15, -0.1) is 0 Å². The van der Waals surface area contributed by atoms with Crippen LogP contribution in [-0.2, 0) is 11.3 Å². The smallest absolute Gasteiger partial charge is 0.283 e. The van der Waals surface area contributed by atoms with E-state index in [9.17, 15) is 4.79 Å². The van der Waals surface area contributed by atoms with E-state index in [4.69, 9.17) is 4.74 Å². The van der Waals surface area contributed by atoms with Gasteiger partial charge in [-0.2, -0.15) is 5.10 Å². The maximum Gasteiger partial charge on any atom is 0.283 e. The number of anilines is 1. The molecular formula is C11H18BrN3O2. The molecule has 0 unspecified atom stereocenters. The van der Waals surface area contributed by atoms with Crippen molar-refractivity contribution < 1.29 is 4.74 Å². The Balaban J connectivity index is 2.83. The van der Waals surface area contributed by atoms with Crippen molar-refractivity contribution in [3.8, 4) is 0 Å². The van der Waals surface area contributed by atoms with Crippen LogP contribution in [0.2, 0.25) is 0 Å². The number of hydrogen-bond acceptors (Lipinski definition) is 4. The number of aromatic nitrogens is 2. The summed E-state index contributed by atoms with van der Waals surface area (Å²) in [4.78, 5) is 11.9. The average molecular weight is 304 g/mol. The van der Waals surface area contributed by atoms with Crippen LogP contribution < -0.4 is 10.9 Å². The summed E-state index contributed by atoms with van der Waals surface area (Å²) in [6.07, 6.45) is 1.66. The highest BCUT2D eigenvalue weighted by atomic mass is 79.9. The van der Waals surface area contributed by atoms with Crippen molar-refractivity contribution in [1.29, 1.82) is 0 Å². The summed E-state index contributed by atoms with van der Waals surface area (Å²) in [5.74, 6) is 0.512. The molecular weight excluding hydrogens is 286 g/mol. The van der Waals surface area contributed by atoms with Gasteiger partial charge in [0.15, 0.2) is 0 Å². The molecule has 0 aromatic carbocycles. The Bertz CT molecular complexity index is 418. The zero-order valence-corrected chi connectivity index (χ0v) is 12.0. The van der Waals surface area contributed by atoms with E-state index in [0.29, 0.717) is 23.5 Å². The third-order valence-corrected chi connectivity index (χ3v) is 2.96. The standard InChI is InChI=1S/C11H18BrN3O2/c1-8(2)6-13-9-7-14-15(4-5-17-3)11(16)10(9)12/h7-8,13H,4-6H2,1-3H3. The van der Waals surface area contributed by atoms with Crippen LogP contribution in [0.15, 0.2) is 15.5 Å². The molecule has 6 heteroatoms. The first-order valence-corrected chi connectivity index (χ1v) is 6.34. The van der Waals surface area contributed by atoms with Crippen molar-refractivity contribution in [3.63, 3.8) is 0 Å². The van der Waals surface area contributed by atoms with Crippen LogP contribution in [0.4, 0.5) is 5.69 Å². The molecule has 1 rings (SSSR count). The first-order valence-electron chi connectivity index (χ1n) is 5.54. The Morgan fingerprint density at radius 1 is 1.59 bits per heavy atom. The Kier molecular flexibility index (Phi) is 5.64. The molecule has 0 aliphatic carbocycles. The topological polar surface area (TPSA) is 56.1 Å². The second kappa shape index (κ2) is 6.76. The number of ether oxygens (including phenoxy) is 1. The molecule has 1 heterocycles. The van der Waals surface area contributed by atoms with E-state index >= 15 is 0 Å². The summed E-state index contributed by atoms with van der Waals surface area (Å²) in [7, 11) is 1.60. The largest absolute Gasteiger partial charge is 0.383 e. The van der Waals surface area contributed by atoms with Crippen molar-refractivity contribution in [2.75, 3.05) is 25.6 Å². The molecule has 5 nitrogen and oxygen atoms in total. The Labute approximate surface area is 109 Å². The highest BCUT2D eigenvalue weighted by Crippen LogP contribution is 2.16. The zero-order chi connectivity index (χ0) is 12.8. The lowest BCUT2D eigenvalue weighted by Crippen LogP contribution is -2.26. The molecule has 0 aliphatic rings. The van der Waals surface area contributed by atoms with Gasteiger partial charge in [-0.3, -0.25) is 4.79 Å². The number of nitrogens with zero attached hydrogens (tertiary/aromatic N) is 2. The van der Waals surface area contributed by atoms with Crippen LogP contribution in [0.3, 0.4) is 0 Å². The molecule has 17 heavy (non-hydrogen) atoms. The summed E-state index contributed by atoms with van der Waals surface area (Å²) in [6.45, 7) is 5.95. The molecule has 0 aliphatic heterocycles. The molecule has 1 aromatic heterocycles. The number of hydrogen-bond donors (Lipinski definition) is 1. The molecule has 0 bridgehead atoms. The summed E-state index contributed by atoms with van der Waals surface area (Å²) in [6, 6.07) is 0. The predicted octanol–water partition coefficient (Wildman–Crippen LogP) is 1.72. The van der Waals surface area contributed by atoms with Crippen molar-refractivity contribution >= 4 is 21.6 Å². The summed E-state index contributed by atoms with van der Waals surface area (Å²) < 4.78 is 6.82. The Morgan fingerprint density at radius 3 is 2.88 bits per heavy atom. The van der Waals surface area contributed by atoms with E-state index in [-0.39, 0.29) is 5.56 Å². The molecule has 0 radical (unpaired) electrons. The van der Waals surface area contributed by atoms with Gasteiger partial charge in [0, 0.05) is 13.7 Å². The Morgan fingerprint density at radius 2 is 2.29 bits per heavy atom. The van der Waals surface area contributed by atoms with Crippen LogP contribution in [0.1, 0.15) is 13.8 Å². The van der Waals surface area contributed by atoms with Gasteiger partial charge in [-0.25, -0.2) is 4.68 Å². The molecule has 1 aromatic rings. The van der Waals surface area contributed by atoms with Crippen molar-refractivity contribution in [1.82, 2.24) is 9.78 Å². The maximum absolute atomic E-state index is 11.9. The van der Waals surface area contributed by atoms with Gasteiger partial charge in [-0.05, 0) is 21.8 Å². The summed E-state index contributed by atoms with van der Waals surface area (Å²) in [5, 5.41) is 7.27. The van der Waals surface area contributed by atoms with Gasteiger partial charge in [0.25, 0.3) is 5.56 Å². The fraction of sp³-hybridized carbons (Fsp3) is 0.636. The molecule has 0 fully saturated rings.